The fraction of sp³-hybridized carbons (Fsp3) is 0.667. The maximum atomic E-state index is 10.8. The molecule has 1 aromatic heterocycles. The third kappa shape index (κ3) is 3.38. The summed E-state index contributed by atoms with van der Waals surface area (Å²) >= 11 is 3.03. The average Bonchev–Trinajstić information content (AvgIpc) is 2.47. The van der Waals surface area contributed by atoms with Crippen molar-refractivity contribution in [1.29, 1.82) is 0 Å². The summed E-state index contributed by atoms with van der Waals surface area (Å²) in [5, 5.41) is 9.15. The van der Waals surface area contributed by atoms with Crippen LogP contribution in [0.5, 0.6) is 0 Å². The molecular weight excluding hydrogens is 216 g/mol. The molecular formula is C9H14N2OS2. The molecule has 0 radical (unpaired) electrons. The number of hydrogen-bond acceptors (Lipinski definition) is 5. The second kappa shape index (κ2) is 4.40. The Morgan fingerprint density at radius 2 is 2.07 bits per heavy atom. The van der Waals surface area contributed by atoms with Crippen LogP contribution in [0.1, 0.15) is 32.7 Å². The SMILES string of the molecule is CC(=O)CSc1nnc(C(C)(C)C)s1. The van der Waals surface area contributed by atoms with E-state index >= 15 is 0 Å². The van der Waals surface area contributed by atoms with E-state index in [0.29, 0.717) is 5.75 Å². The van der Waals surface area contributed by atoms with Crippen molar-refractivity contribution in [3.05, 3.63) is 5.01 Å². The van der Waals surface area contributed by atoms with Crippen LogP contribution in [0.2, 0.25) is 0 Å². The quantitative estimate of drug-likeness (QED) is 0.748. The van der Waals surface area contributed by atoms with Gasteiger partial charge in [0.15, 0.2) is 4.34 Å². The number of nitrogens with zero attached hydrogens (tertiary/aromatic N) is 2. The van der Waals surface area contributed by atoms with Crippen molar-refractivity contribution in [3.8, 4) is 0 Å². The van der Waals surface area contributed by atoms with Crippen LogP contribution in [-0.2, 0) is 10.2 Å². The number of carbonyl (C=O) groups excluding carboxylic acids is 1. The predicted octanol–water partition coefficient (Wildman–Crippen LogP) is 2.52. The molecule has 0 unspecified atom stereocenters. The van der Waals surface area contributed by atoms with Gasteiger partial charge in [-0.2, -0.15) is 0 Å². The first-order chi connectivity index (χ1) is 6.39. The third-order valence-corrected chi connectivity index (χ3v) is 4.07. The van der Waals surface area contributed by atoms with E-state index in [-0.39, 0.29) is 11.2 Å². The summed E-state index contributed by atoms with van der Waals surface area (Å²) in [7, 11) is 0. The minimum absolute atomic E-state index is 0.0483. The van der Waals surface area contributed by atoms with Crippen molar-refractivity contribution in [1.82, 2.24) is 10.2 Å². The number of aromatic nitrogens is 2. The van der Waals surface area contributed by atoms with Crippen molar-refractivity contribution in [2.45, 2.75) is 37.4 Å². The van der Waals surface area contributed by atoms with Crippen molar-refractivity contribution in [3.63, 3.8) is 0 Å². The van der Waals surface area contributed by atoms with Gasteiger partial charge in [-0.15, -0.1) is 10.2 Å². The smallest absolute Gasteiger partial charge is 0.174 e. The van der Waals surface area contributed by atoms with Crippen LogP contribution >= 0.6 is 23.1 Å². The zero-order valence-corrected chi connectivity index (χ0v) is 10.5. The lowest BCUT2D eigenvalue weighted by molar-refractivity contribution is -0.114. The second-order valence-corrected chi connectivity index (χ2v) is 6.31. The Labute approximate surface area is 92.3 Å². The van der Waals surface area contributed by atoms with E-state index in [2.05, 4.69) is 31.0 Å². The summed E-state index contributed by atoms with van der Waals surface area (Å²) in [5.41, 5.74) is 0.0483. The molecule has 5 heteroatoms. The largest absolute Gasteiger partial charge is 0.299 e. The highest BCUT2D eigenvalue weighted by Gasteiger charge is 2.19. The molecule has 1 rings (SSSR count). The van der Waals surface area contributed by atoms with E-state index in [0.717, 1.165) is 9.35 Å². The van der Waals surface area contributed by atoms with Gasteiger partial charge in [0.1, 0.15) is 10.8 Å². The van der Waals surface area contributed by atoms with Gasteiger partial charge >= 0.3 is 0 Å². The summed E-state index contributed by atoms with van der Waals surface area (Å²) in [6.45, 7) is 7.89. The van der Waals surface area contributed by atoms with Gasteiger partial charge < -0.3 is 0 Å². The lowest BCUT2D eigenvalue weighted by Gasteiger charge is -2.12. The highest BCUT2D eigenvalue weighted by atomic mass is 32.2. The maximum absolute atomic E-state index is 10.8. The molecule has 0 saturated heterocycles. The number of Topliss-reactive ketones (excluding diaryl/α,β-unsaturated/α-hetero) is 1. The van der Waals surface area contributed by atoms with Gasteiger partial charge in [0.05, 0.1) is 5.75 Å². The Bertz CT molecular complexity index is 328. The van der Waals surface area contributed by atoms with Crippen LogP contribution in [-0.4, -0.2) is 21.7 Å². The Balaban J connectivity index is 2.64. The topological polar surface area (TPSA) is 42.9 Å². The molecule has 0 aliphatic carbocycles. The maximum Gasteiger partial charge on any atom is 0.174 e. The molecule has 78 valence electrons. The molecule has 0 aliphatic rings. The zero-order chi connectivity index (χ0) is 10.8. The molecule has 14 heavy (non-hydrogen) atoms. The van der Waals surface area contributed by atoms with Crippen molar-refractivity contribution < 1.29 is 4.79 Å². The highest BCUT2D eigenvalue weighted by Crippen LogP contribution is 2.29. The van der Waals surface area contributed by atoms with Gasteiger partial charge in [-0.25, -0.2) is 0 Å². The van der Waals surface area contributed by atoms with Crippen LogP contribution in [0.15, 0.2) is 4.34 Å². The van der Waals surface area contributed by atoms with Gasteiger partial charge in [0, 0.05) is 5.41 Å². The van der Waals surface area contributed by atoms with Crippen LogP contribution in [0, 0.1) is 0 Å². The van der Waals surface area contributed by atoms with Gasteiger partial charge in [-0.3, -0.25) is 4.79 Å². The first-order valence-corrected chi connectivity index (χ1v) is 6.16. The lowest BCUT2D eigenvalue weighted by Crippen LogP contribution is -2.10. The Morgan fingerprint density at radius 1 is 1.43 bits per heavy atom. The fourth-order valence-corrected chi connectivity index (χ4v) is 2.44. The van der Waals surface area contributed by atoms with E-state index < -0.39 is 0 Å². The summed E-state index contributed by atoms with van der Waals surface area (Å²) in [5.74, 6) is 0.654. The molecule has 0 amide bonds. The van der Waals surface area contributed by atoms with Crippen LogP contribution < -0.4 is 0 Å². The van der Waals surface area contributed by atoms with E-state index in [4.69, 9.17) is 0 Å². The van der Waals surface area contributed by atoms with Gasteiger partial charge in [0.25, 0.3) is 0 Å². The number of carbonyl (C=O) groups is 1. The summed E-state index contributed by atoms with van der Waals surface area (Å²) in [6.07, 6.45) is 0. The fourth-order valence-electron chi connectivity index (χ4n) is 0.735. The number of rotatable bonds is 3. The monoisotopic (exact) mass is 230 g/mol. The zero-order valence-electron chi connectivity index (χ0n) is 8.83. The van der Waals surface area contributed by atoms with E-state index in [1.807, 2.05) is 0 Å². The van der Waals surface area contributed by atoms with E-state index in [1.165, 1.54) is 11.8 Å². The first-order valence-electron chi connectivity index (χ1n) is 4.36. The molecule has 0 aliphatic heterocycles. The molecule has 0 saturated carbocycles. The highest BCUT2D eigenvalue weighted by molar-refractivity contribution is 8.01. The Morgan fingerprint density at radius 3 is 2.50 bits per heavy atom. The Hall–Kier alpha value is -0.420. The predicted molar refractivity (Wildman–Crippen MR) is 60.0 cm³/mol. The molecule has 0 atom stereocenters. The minimum Gasteiger partial charge on any atom is -0.299 e. The molecule has 0 spiro atoms. The lowest BCUT2D eigenvalue weighted by atomic mass is 9.98. The number of hydrogen-bond donors (Lipinski definition) is 0. The van der Waals surface area contributed by atoms with Crippen LogP contribution in [0.25, 0.3) is 0 Å². The molecule has 0 N–H and O–H groups in total. The van der Waals surface area contributed by atoms with Crippen molar-refractivity contribution >= 4 is 28.9 Å². The minimum atomic E-state index is 0.0483. The Kier molecular flexibility index (Phi) is 3.66. The van der Waals surface area contributed by atoms with Gasteiger partial charge in [0.2, 0.25) is 0 Å². The van der Waals surface area contributed by atoms with Gasteiger partial charge in [-0.05, 0) is 6.92 Å². The molecule has 0 aromatic carbocycles. The number of ketones is 1. The van der Waals surface area contributed by atoms with Crippen LogP contribution in [0.3, 0.4) is 0 Å². The van der Waals surface area contributed by atoms with Gasteiger partial charge in [-0.1, -0.05) is 43.9 Å². The summed E-state index contributed by atoms with van der Waals surface area (Å²) in [6, 6.07) is 0. The summed E-state index contributed by atoms with van der Waals surface area (Å²) in [4.78, 5) is 10.8. The standard InChI is InChI=1S/C9H14N2OS2/c1-6(12)5-13-8-11-10-7(14-8)9(2,3)4/h5H2,1-4H3. The second-order valence-electron chi connectivity index (χ2n) is 4.11. The molecule has 0 bridgehead atoms. The van der Waals surface area contributed by atoms with E-state index in [1.54, 1.807) is 18.3 Å². The average molecular weight is 230 g/mol. The molecule has 1 aromatic rings. The first kappa shape index (κ1) is 11.7. The molecule has 0 fully saturated rings. The van der Waals surface area contributed by atoms with E-state index in [9.17, 15) is 4.79 Å². The normalized spacial score (nSPS) is 11.7. The van der Waals surface area contributed by atoms with Crippen molar-refractivity contribution in [2.75, 3.05) is 5.75 Å². The summed E-state index contributed by atoms with van der Waals surface area (Å²) < 4.78 is 0.880. The van der Waals surface area contributed by atoms with Crippen molar-refractivity contribution in [2.24, 2.45) is 0 Å². The van der Waals surface area contributed by atoms with Crippen LogP contribution in [0.4, 0.5) is 0 Å². The molecule has 3 nitrogen and oxygen atoms in total. The number of thioether (sulfide) groups is 1. The third-order valence-electron chi connectivity index (χ3n) is 1.45. The molecule has 1 heterocycles.